The van der Waals surface area contributed by atoms with E-state index in [1.807, 2.05) is 12.4 Å². The molecule has 0 N–H and O–H groups in total. The summed E-state index contributed by atoms with van der Waals surface area (Å²) >= 11 is 0. The molecule has 0 bridgehead atoms. The van der Waals surface area contributed by atoms with Crippen LogP contribution in [0, 0.1) is 5.41 Å². The van der Waals surface area contributed by atoms with Gasteiger partial charge in [-0.1, -0.05) is 20.8 Å². The molecule has 0 aromatic carbocycles. The molecule has 1 aromatic heterocycles. The minimum absolute atomic E-state index is 0.0241. The standard InChI is InChI=1S/C21H33N3O2/c1-17(25)26-21(20(2,3)4)9-5-18(6-10-21)23-13-15-24(16-14-23)19-7-11-22-12-8-19/h7-8,11-12,18H,5-6,9-10,13-16H2,1-4H3/t18-,21+. The number of ether oxygens (including phenoxy) is 1. The lowest BCUT2D eigenvalue weighted by atomic mass is 9.67. The fraction of sp³-hybridized carbons (Fsp3) is 0.714. The number of piperazine rings is 1. The van der Waals surface area contributed by atoms with E-state index in [0.717, 1.165) is 51.9 Å². The second-order valence-electron chi connectivity index (χ2n) is 8.80. The molecule has 0 radical (unpaired) electrons. The van der Waals surface area contributed by atoms with Crippen LogP contribution in [-0.4, -0.2) is 53.7 Å². The molecule has 5 heteroatoms. The van der Waals surface area contributed by atoms with Gasteiger partial charge in [-0.15, -0.1) is 0 Å². The number of anilines is 1. The number of hydrogen-bond acceptors (Lipinski definition) is 5. The zero-order valence-corrected chi connectivity index (χ0v) is 16.7. The molecule has 0 unspecified atom stereocenters. The average molecular weight is 360 g/mol. The van der Waals surface area contributed by atoms with E-state index in [0.29, 0.717) is 6.04 Å². The first-order valence-corrected chi connectivity index (χ1v) is 9.89. The van der Waals surface area contributed by atoms with Gasteiger partial charge in [0.05, 0.1) is 0 Å². The molecule has 1 saturated heterocycles. The van der Waals surface area contributed by atoms with Gasteiger partial charge in [0, 0.05) is 62.6 Å². The smallest absolute Gasteiger partial charge is 0.303 e. The maximum absolute atomic E-state index is 11.7. The first-order valence-electron chi connectivity index (χ1n) is 9.89. The van der Waals surface area contributed by atoms with Crippen LogP contribution < -0.4 is 4.90 Å². The highest BCUT2D eigenvalue weighted by Gasteiger charge is 2.48. The number of pyridine rings is 1. The number of hydrogen-bond donors (Lipinski definition) is 0. The summed E-state index contributed by atoms with van der Waals surface area (Å²) in [5.74, 6) is -0.149. The predicted molar refractivity (Wildman–Crippen MR) is 104 cm³/mol. The lowest BCUT2D eigenvalue weighted by molar-refractivity contribution is -0.179. The molecule has 0 amide bonds. The van der Waals surface area contributed by atoms with Crippen molar-refractivity contribution in [3.05, 3.63) is 24.5 Å². The van der Waals surface area contributed by atoms with E-state index in [-0.39, 0.29) is 17.0 Å². The third-order valence-electron chi connectivity index (χ3n) is 6.33. The number of nitrogens with zero attached hydrogens (tertiary/aromatic N) is 3. The molecule has 1 aromatic rings. The van der Waals surface area contributed by atoms with Gasteiger partial charge in [-0.2, -0.15) is 0 Å². The van der Waals surface area contributed by atoms with E-state index in [1.54, 1.807) is 0 Å². The molecule has 1 aliphatic carbocycles. The molecule has 2 fully saturated rings. The molecular formula is C21H33N3O2. The lowest BCUT2D eigenvalue weighted by Gasteiger charge is -2.50. The van der Waals surface area contributed by atoms with Crippen LogP contribution in [0.25, 0.3) is 0 Å². The summed E-state index contributed by atoms with van der Waals surface area (Å²) in [5.41, 5.74) is 0.933. The van der Waals surface area contributed by atoms with Crippen molar-refractivity contribution in [3.8, 4) is 0 Å². The molecule has 2 aliphatic rings. The number of carbonyl (C=O) groups is 1. The maximum atomic E-state index is 11.7. The van der Waals surface area contributed by atoms with Crippen LogP contribution in [0.3, 0.4) is 0 Å². The Labute approximate surface area is 157 Å². The van der Waals surface area contributed by atoms with Gasteiger partial charge in [-0.05, 0) is 37.8 Å². The molecule has 2 heterocycles. The van der Waals surface area contributed by atoms with E-state index in [1.165, 1.54) is 12.6 Å². The Morgan fingerprint density at radius 2 is 1.69 bits per heavy atom. The Kier molecular flexibility index (Phi) is 5.56. The van der Waals surface area contributed by atoms with Crippen molar-refractivity contribution in [2.24, 2.45) is 5.41 Å². The quantitative estimate of drug-likeness (QED) is 0.773. The number of carbonyl (C=O) groups excluding carboxylic acids is 1. The largest absolute Gasteiger partial charge is 0.459 e. The van der Waals surface area contributed by atoms with Gasteiger partial charge in [0.1, 0.15) is 5.60 Å². The third kappa shape index (κ3) is 4.03. The van der Waals surface area contributed by atoms with E-state index in [2.05, 4.69) is 47.7 Å². The summed E-state index contributed by atoms with van der Waals surface area (Å²) < 4.78 is 5.88. The molecular weight excluding hydrogens is 326 g/mol. The molecule has 3 rings (SSSR count). The summed E-state index contributed by atoms with van der Waals surface area (Å²) in [6.45, 7) is 12.5. The zero-order chi connectivity index (χ0) is 18.8. The highest BCUT2D eigenvalue weighted by atomic mass is 16.6. The summed E-state index contributed by atoms with van der Waals surface area (Å²) in [6.07, 6.45) is 7.88. The first-order chi connectivity index (χ1) is 12.3. The summed E-state index contributed by atoms with van der Waals surface area (Å²) in [5, 5.41) is 0. The molecule has 1 saturated carbocycles. The van der Waals surface area contributed by atoms with Crippen LogP contribution in [0.2, 0.25) is 0 Å². The molecule has 0 spiro atoms. The average Bonchev–Trinajstić information content (AvgIpc) is 2.62. The van der Waals surface area contributed by atoms with Crippen molar-refractivity contribution in [3.63, 3.8) is 0 Å². The molecule has 5 nitrogen and oxygen atoms in total. The Balaban J connectivity index is 1.56. The third-order valence-corrected chi connectivity index (χ3v) is 6.33. The minimum atomic E-state index is -0.311. The predicted octanol–water partition coefficient (Wildman–Crippen LogP) is 3.49. The van der Waals surface area contributed by atoms with Crippen molar-refractivity contribution in [1.82, 2.24) is 9.88 Å². The molecule has 0 atom stereocenters. The molecule has 1 aliphatic heterocycles. The highest BCUT2D eigenvalue weighted by Crippen LogP contribution is 2.46. The monoisotopic (exact) mass is 359 g/mol. The maximum Gasteiger partial charge on any atom is 0.303 e. The van der Waals surface area contributed by atoms with Gasteiger partial charge < -0.3 is 9.64 Å². The second kappa shape index (κ2) is 7.55. The second-order valence-corrected chi connectivity index (χ2v) is 8.80. The minimum Gasteiger partial charge on any atom is -0.459 e. The lowest BCUT2D eigenvalue weighted by Crippen LogP contribution is -2.55. The fourth-order valence-electron chi connectivity index (χ4n) is 4.61. The van der Waals surface area contributed by atoms with E-state index < -0.39 is 0 Å². The van der Waals surface area contributed by atoms with Gasteiger partial charge >= 0.3 is 5.97 Å². The van der Waals surface area contributed by atoms with Crippen LogP contribution >= 0.6 is 0 Å². The Morgan fingerprint density at radius 1 is 1.12 bits per heavy atom. The zero-order valence-electron chi connectivity index (χ0n) is 16.7. The first kappa shape index (κ1) is 19.2. The van der Waals surface area contributed by atoms with Crippen molar-refractivity contribution in [2.45, 2.75) is 65.0 Å². The van der Waals surface area contributed by atoms with Crippen LogP contribution in [0.1, 0.15) is 53.4 Å². The van der Waals surface area contributed by atoms with E-state index >= 15 is 0 Å². The Bertz CT molecular complexity index is 595. The van der Waals surface area contributed by atoms with Crippen LogP contribution in [0.15, 0.2) is 24.5 Å². The number of aromatic nitrogens is 1. The fourth-order valence-corrected chi connectivity index (χ4v) is 4.61. The summed E-state index contributed by atoms with van der Waals surface area (Å²) in [7, 11) is 0. The Morgan fingerprint density at radius 3 is 2.19 bits per heavy atom. The van der Waals surface area contributed by atoms with Gasteiger partial charge in [-0.3, -0.25) is 14.7 Å². The van der Waals surface area contributed by atoms with Gasteiger partial charge in [-0.25, -0.2) is 0 Å². The van der Waals surface area contributed by atoms with Crippen molar-refractivity contribution in [2.75, 3.05) is 31.1 Å². The highest BCUT2D eigenvalue weighted by molar-refractivity contribution is 5.66. The van der Waals surface area contributed by atoms with Crippen molar-refractivity contribution in [1.29, 1.82) is 0 Å². The van der Waals surface area contributed by atoms with Crippen LogP contribution in [-0.2, 0) is 9.53 Å². The van der Waals surface area contributed by atoms with Crippen LogP contribution in [0.4, 0.5) is 5.69 Å². The summed E-state index contributed by atoms with van der Waals surface area (Å²) in [6, 6.07) is 4.79. The van der Waals surface area contributed by atoms with Gasteiger partial charge in [0.15, 0.2) is 0 Å². The normalized spacial score (nSPS) is 28.0. The SMILES string of the molecule is CC(=O)O[C@]1(C(C)(C)C)CC[C@H](N2CCN(c3ccncc3)CC2)CC1. The van der Waals surface area contributed by atoms with Crippen molar-refractivity contribution < 1.29 is 9.53 Å². The topological polar surface area (TPSA) is 45.7 Å². The molecule has 26 heavy (non-hydrogen) atoms. The van der Waals surface area contributed by atoms with Crippen LogP contribution in [0.5, 0.6) is 0 Å². The number of rotatable bonds is 3. The van der Waals surface area contributed by atoms with Gasteiger partial charge in [0.25, 0.3) is 0 Å². The number of esters is 1. The Hall–Kier alpha value is -1.62. The molecule has 144 valence electrons. The van der Waals surface area contributed by atoms with Gasteiger partial charge in [0.2, 0.25) is 0 Å². The van der Waals surface area contributed by atoms with Crippen molar-refractivity contribution >= 4 is 11.7 Å². The van der Waals surface area contributed by atoms with E-state index in [9.17, 15) is 4.79 Å². The van der Waals surface area contributed by atoms with E-state index in [4.69, 9.17) is 4.74 Å². The summed E-state index contributed by atoms with van der Waals surface area (Å²) in [4.78, 5) is 20.9.